The van der Waals surface area contributed by atoms with Crippen LogP contribution >= 0.6 is 0 Å². The molecule has 0 unspecified atom stereocenters. The fourth-order valence-electron chi connectivity index (χ4n) is 2.06. The van der Waals surface area contributed by atoms with Gasteiger partial charge in [-0.3, -0.25) is 0 Å². The van der Waals surface area contributed by atoms with Crippen molar-refractivity contribution in [1.29, 1.82) is 0 Å². The highest BCUT2D eigenvalue weighted by Crippen LogP contribution is 2.23. The highest BCUT2D eigenvalue weighted by atomic mass is 16.7. The molecule has 0 aliphatic carbocycles. The molecule has 11 heteroatoms. The Morgan fingerprint density at radius 1 is 1.00 bits per heavy atom. The topological polar surface area (TPSA) is 197 Å². The SMILES string of the molecule is O=C[C@H](O[C@H]1O[C@H](CO)[C@H](O)[C@H](O)[C@H]1O)[C@@H](O)[C@@H](O)[C@H](O)CO. The summed E-state index contributed by atoms with van der Waals surface area (Å²) in [7, 11) is 0. The van der Waals surface area contributed by atoms with Gasteiger partial charge in [0, 0.05) is 0 Å². The summed E-state index contributed by atoms with van der Waals surface area (Å²) < 4.78 is 9.94. The Hall–Kier alpha value is -0.730. The van der Waals surface area contributed by atoms with Crippen LogP contribution in [0.15, 0.2) is 0 Å². The second kappa shape index (κ2) is 8.94. The highest BCUT2D eigenvalue weighted by molar-refractivity contribution is 5.57. The zero-order valence-corrected chi connectivity index (χ0v) is 12.0. The second-order valence-corrected chi connectivity index (χ2v) is 5.17. The maximum absolute atomic E-state index is 11.0. The number of hydrogen-bond acceptors (Lipinski definition) is 11. The van der Waals surface area contributed by atoms with Gasteiger partial charge in [0.1, 0.15) is 48.8 Å². The lowest BCUT2D eigenvalue weighted by Crippen LogP contribution is -2.60. The average molecular weight is 342 g/mol. The smallest absolute Gasteiger partial charge is 0.187 e. The first-order valence-corrected chi connectivity index (χ1v) is 6.84. The lowest BCUT2D eigenvalue weighted by Gasteiger charge is -2.41. The summed E-state index contributed by atoms with van der Waals surface area (Å²) in [6, 6.07) is 0. The van der Waals surface area contributed by atoms with Crippen LogP contribution in [0.2, 0.25) is 0 Å². The van der Waals surface area contributed by atoms with Gasteiger partial charge >= 0.3 is 0 Å². The Bertz CT molecular complexity index is 365. The van der Waals surface area contributed by atoms with Crippen LogP contribution in [0.5, 0.6) is 0 Å². The molecule has 0 amide bonds. The number of hydrogen-bond donors (Lipinski definition) is 8. The third kappa shape index (κ3) is 4.64. The Kier molecular flexibility index (Phi) is 7.89. The molecule has 1 heterocycles. The summed E-state index contributed by atoms with van der Waals surface area (Å²) >= 11 is 0. The van der Waals surface area contributed by atoms with E-state index in [0.717, 1.165) is 0 Å². The molecule has 23 heavy (non-hydrogen) atoms. The first kappa shape index (κ1) is 20.3. The maximum Gasteiger partial charge on any atom is 0.187 e. The number of aliphatic hydroxyl groups is 8. The molecule has 0 aromatic heterocycles. The van der Waals surface area contributed by atoms with Crippen molar-refractivity contribution >= 4 is 6.29 Å². The first-order valence-electron chi connectivity index (χ1n) is 6.84. The van der Waals surface area contributed by atoms with Crippen LogP contribution in [-0.4, -0.2) is 115 Å². The zero-order chi connectivity index (χ0) is 17.7. The molecule has 0 spiro atoms. The lowest BCUT2D eigenvalue weighted by atomic mass is 9.99. The summed E-state index contributed by atoms with van der Waals surface area (Å²) in [6.07, 6.45) is -15.5. The van der Waals surface area contributed by atoms with Gasteiger partial charge in [-0.2, -0.15) is 0 Å². The molecule has 0 bridgehead atoms. The molecule has 0 radical (unpaired) electrons. The summed E-state index contributed by atoms with van der Waals surface area (Å²) in [5.74, 6) is 0. The number of ether oxygens (including phenoxy) is 2. The molecule has 0 aromatic rings. The Balaban J connectivity index is 2.79. The van der Waals surface area contributed by atoms with Gasteiger partial charge in [0.2, 0.25) is 0 Å². The van der Waals surface area contributed by atoms with Gasteiger partial charge in [0.15, 0.2) is 12.6 Å². The normalized spacial score (nSPS) is 37.0. The van der Waals surface area contributed by atoms with Crippen molar-refractivity contribution in [1.82, 2.24) is 0 Å². The van der Waals surface area contributed by atoms with Crippen molar-refractivity contribution in [3.8, 4) is 0 Å². The molecular formula is C12H22O11. The van der Waals surface area contributed by atoms with E-state index in [1.54, 1.807) is 0 Å². The van der Waals surface area contributed by atoms with Crippen molar-refractivity contribution in [2.75, 3.05) is 13.2 Å². The van der Waals surface area contributed by atoms with E-state index in [-0.39, 0.29) is 6.29 Å². The van der Waals surface area contributed by atoms with E-state index in [1.807, 2.05) is 0 Å². The minimum Gasteiger partial charge on any atom is -0.394 e. The summed E-state index contributed by atoms with van der Waals surface area (Å²) in [5.41, 5.74) is 0. The third-order valence-electron chi connectivity index (χ3n) is 3.54. The van der Waals surface area contributed by atoms with Crippen LogP contribution in [0.4, 0.5) is 0 Å². The standard InChI is InChI=1S/C12H22O11/c13-1-4(16)7(17)8(18)5(2-14)22-12-11(21)10(20)9(19)6(3-15)23-12/h2,4-13,15-21H,1,3H2/t4-,5+,6-,7+,8-,9+,10+,11-,12+/m1/s1. The number of carbonyl (C=O) groups is 1. The van der Waals surface area contributed by atoms with Crippen LogP contribution < -0.4 is 0 Å². The van der Waals surface area contributed by atoms with E-state index in [1.165, 1.54) is 0 Å². The largest absolute Gasteiger partial charge is 0.394 e. The van der Waals surface area contributed by atoms with E-state index in [2.05, 4.69) is 0 Å². The third-order valence-corrected chi connectivity index (χ3v) is 3.54. The van der Waals surface area contributed by atoms with Crippen molar-refractivity contribution in [3.05, 3.63) is 0 Å². The first-order chi connectivity index (χ1) is 10.8. The molecular weight excluding hydrogens is 320 g/mol. The second-order valence-electron chi connectivity index (χ2n) is 5.17. The average Bonchev–Trinajstić information content (AvgIpc) is 2.57. The number of rotatable bonds is 8. The van der Waals surface area contributed by atoms with Crippen molar-refractivity contribution in [2.24, 2.45) is 0 Å². The molecule has 0 saturated carbocycles. The van der Waals surface area contributed by atoms with E-state index in [0.29, 0.717) is 0 Å². The molecule has 136 valence electrons. The van der Waals surface area contributed by atoms with Crippen LogP contribution in [0.25, 0.3) is 0 Å². The fourth-order valence-corrected chi connectivity index (χ4v) is 2.06. The van der Waals surface area contributed by atoms with Crippen LogP contribution in [-0.2, 0) is 14.3 Å². The van der Waals surface area contributed by atoms with Gasteiger partial charge in [-0.15, -0.1) is 0 Å². The van der Waals surface area contributed by atoms with Gasteiger partial charge in [-0.25, -0.2) is 0 Å². The molecule has 0 aromatic carbocycles. The van der Waals surface area contributed by atoms with Crippen molar-refractivity contribution in [2.45, 2.75) is 55.1 Å². The summed E-state index contributed by atoms with van der Waals surface area (Å²) in [5, 5.41) is 75.2. The Morgan fingerprint density at radius 3 is 2.09 bits per heavy atom. The molecule has 1 aliphatic rings. The number of aliphatic hydroxyl groups excluding tert-OH is 8. The lowest BCUT2D eigenvalue weighted by molar-refractivity contribution is -0.315. The zero-order valence-electron chi connectivity index (χ0n) is 12.0. The van der Waals surface area contributed by atoms with Crippen molar-refractivity contribution in [3.63, 3.8) is 0 Å². The van der Waals surface area contributed by atoms with Gasteiger partial charge in [-0.05, 0) is 0 Å². The molecule has 1 rings (SSSR count). The van der Waals surface area contributed by atoms with E-state index < -0.39 is 68.3 Å². The highest BCUT2D eigenvalue weighted by Gasteiger charge is 2.46. The summed E-state index contributed by atoms with van der Waals surface area (Å²) in [4.78, 5) is 11.0. The molecule has 9 atom stereocenters. The Morgan fingerprint density at radius 2 is 1.61 bits per heavy atom. The molecule has 1 saturated heterocycles. The Labute approximate surface area is 130 Å². The monoisotopic (exact) mass is 342 g/mol. The van der Waals surface area contributed by atoms with Gasteiger partial charge < -0.3 is 55.1 Å². The molecule has 8 N–H and O–H groups in total. The quantitative estimate of drug-likeness (QED) is 0.196. The van der Waals surface area contributed by atoms with Crippen LogP contribution in [0.1, 0.15) is 0 Å². The van der Waals surface area contributed by atoms with E-state index in [9.17, 15) is 35.4 Å². The fraction of sp³-hybridized carbons (Fsp3) is 0.917. The van der Waals surface area contributed by atoms with Gasteiger partial charge in [-0.1, -0.05) is 0 Å². The summed E-state index contributed by atoms with van der Waals surface area (Å²) in [6.45, 7) is -1.60. The minimum absolute atomic E-state index is 0.0550. The maximum atomic E-state index is 11.0. The van der Waals surface area contributed by atoms with Crippen molar-refractivity contribution < 1.29 is 55.1 Å². The number of aldehydes is 1. The van der Waals surface area contributed by atoms with Crippen LogP contribution in [0, 0.1) is 0 Å². The van der Waals surface area contributed by atoms with Crippen LogP contribution in [0.3, 0.4) is 0 Å². The minimum atomic E-state index is -1.97. The molecule has 1 aliphatic heterocycles. The predicted molar refractivity (Wildman–Crippen MR) is 69.8 cm³/mol. The molecule has 1 fully saturated rings. The number of carbonyl (C=O) groups excluding carboxylic acids is 1. The predicted octanol–water partition coefficient (Wildman–Crippen LogP) is -5.55. The molecule has 11 nitrogen and oxygen atoms in total. The van der Waals surface area contributed by atoms with E-state index >= 15 is 0 Å². The van der Waals surface area contributed by atoms with E-state index in [4.69, 9.17) is 19.7 Å². The van der Waals surface area contributed by atoms with Gasteiger partial charge in [0.05, 0.1) is 13.2 Å². The van der Waals surface area contributed by atoms with Gasteiger partial charge in [0.25, 0.3) is 0 Å².